The monoisotopic (exact) mass is 275 g/mol. The Morgan fingerprint density at radius 3 is 2.40 bits per heavy atom. The lowest BCUT2D eigenvalue weighted by atomic mass is 9.54. The van der Waals surface area contributed by atoms with E-state index in [2.05, 4.69) is 9.97 Å². The molecule has 5 nitrogen and oxygen atoms in total. The van der Waals surface area contributed by atoms with Crippen molar-refractivity contribution in [1.29, 1.82) is 0 Å². The van der Waals surface area contributed by atoms with Crippen LogP contribution in [0.4, 0.5) is 5.82 Å². The third kappa shape index (κ3) is 2.14. The third-order valence-corrected chi connectivity index (χ3v) is 5.31. The summed E-state index contributed by atoms with van der Waals surface area (Å²) < 4.78 is 6.25. The van der Waals surface area contributed by atoms with E-state index in [4.69, 9.17) is 10.5 Å². The first-order valence-corrected chi connectivity index (χ1v) is 7.60. The van der Waals surface area contributed by atoms with Crippen molar-refractivity contribution in [3.05, 3.63) is 22.2 Å². The number of anilines is 1. The molecule has 4 bridgehead atoms. The molecule has 0 spiro atoms. The van der Waals surface area contributed by atoms with E-state index in [1.165, 1.54) is 44.6 Å². The first-order valence-electron chi connectivity index (χ1n) is 7.60. The van der Waals surface area contributed by atoms with Gasteiger partial charge in [0.1, 0.15) is 18.2 Å². The molecule has 1 aromatic heterocycles. The molecule has 4 saturated carbocycles. The van der Waals surface area contributed by atoms with Crippen LogP contribution in [0.1, 0.15) is 44.3 Å². The lowest BCUT2D eigenvalue weighted by Crippen LogP contribution is -2.51. The van der Waals surface area contributed by atoms with Gasteiger partial charge in [-0.3, -0.25) is 4.79 Å². The van der Waals surface area contributed by atoms with Gasteiger partial charge in [-0.1, -0.05) is 0 Å². The van der Waals surface area contributed by atoms with Crippen LogP contribution in [0.5, 0.6) is 0 Å². The smallest absolute Gasteiger partial charge is 0.253 e. The topological polar surface area (TPSA) is 81.0 Å². The third-order valence-electron chi connectivity index (χ3n) is 5.31. The van der Waals surface area contributed by atoms with Crippen LogP contribution in [-0.4, -0.2) is 15.6 Å². The van der Waals surface area contributed by atoms with E-state index in [-0.39, 0.29) is 17.0 Å². The van der Waals surface area contributed by atoms with Crippen LogP contribution in [0.25, 0.3) is 0 Å². The van der Waals surface area contributed by atoms with Gasteiger partial charge in [0, 0.05) is 6.07 Å². The van der Waals surface area contributed by atoms with Gasteiger partial charge in [-0.25, -0.2) is 4.98 Å². The zero-order valence-corrected chi connectivity index (χ0v) is 11.6. The average molecular weight is 275 g/mol. The summed E-state index contributed by atoms with van der Waals surface area (Å²) in [7, 11) is 0. The summed E-state index contributed by atoms with van der Waals surface area (Å²) in [6.07, 6.45) is 7.75. The number of hydrogen-bond donors (Lipinski definition) is 2. The molecule has 4 aliphatic carbocycles. The average Bonchev–Trinajstić information content (AvgIpc) is 2.34. The van der Waals surface area contributed by atoms with Crippen LogP contribution in [0.3, 0.4) is 0 Å². The molecule has 0 radical (unpaired) electrons. The Balaban J connectivity index is 1.50. The van der Waals surface area contributed by atoms with Crippen LogP contribution < -0.4 is 11.3 Å². The summed E-state index contributed by atoms with van der Waals surface area (Å²) in [5, 5.41) is 0. The predicted octanol–water partition coefficient (Wildman–Crippen LogP) is 1.84. The van der Waals surface area contributed by atoms with E-state index in [1.807, 2.05) is 0 Å². The fourth-order valence-electron chi connectivity index (χ4n) is 5.03. The predicted molar refractivity (Wildman–Crippen MR) is 75.0 cm³/mol. The maximum Gasteiger partial charge on any atom is 0.253 e. The number of nitrogen functional groups attached to an aromatic ring is 1. The van der Waals surface area contributed by atoms with Crippen LogP contribution in [0, 0.1) is 17.8 Å². The molecular weight excluding hydrogens is 254 g/mol. The normalized spacial score (nSPS) is 38.3. The zero-order valence-electron chi connectivity index (χ0n) is 11.6. The van der Waals surface area contributed by atoms with E-state index in [9.17, 15) is 4.79 Å². The lowest BCUT2D eigenvalue weighted by Gasteiger charge is -2.56. The summed E-state index contributed by atoms with van der Waals surface area (Å²) in [5.41, 5.74) is 5.44. The highest BCUT2D eigenvalue weighted by Gasteiger charge is 2.51. The van der Waals surface area contributed by atoms with E-state index in [0.29, 0.717) is 12.4 Å². The Morgan fingerprint density at radius 2 is 1.85 bits per heavy atom. The van der Waals surface area contributed by atoms with Gasteiger partial charge in [0.2, 0.25) is 0 Å². The van der Waals surface area contributed by atoms with Crippen molar-refractivity contribution in [2.75, 3.05) is 5.73 Å². The van der Waals surface area contributed by atoms with Crippen LogP contribution in [0.15, 0.2) is 10.9 Å². The van der Waals surface area contributed by atoms with Gasteiger partial charge in [-0.15, -0.1) is 0 Å². The Kier molecular flexibility index (Phi) is 2.67. The standard InChI is InChI=1S/C15H21N3O2/c16-12-4-14(19)18-13(17-12)8-20-15-5-9-1-10(6-15)3-11(2-9)7-15/h4,9-11H,1-3,5-8H2,(H3,16,17,18,19). The van der Waals surface area contributed by atoms with Gasteiger partial charge in [-0.05, 0) is 56.3 Å². The number of aromatic nitrogens is 2. The molecule has 0 aliphatic heterocycles. The molecule has 0 unspecified atom stereocenters. The number of H-pyrrole nitrogens is 1. The highest BCUT2D eigenvalue weighted by molar-refractivity contribution is 5.25. The maximum absolute atomic E-state index is 11.4. The fourth-order valence-corrected chi connectivity index (χ4v) is 5.03. The van der Waals surface area contributed by atoms with Crippen molar-refractivity contribution in [3.8, 4) is 0 Å². The molecular formula is C15H21N3O2. The minimum absolute atomic E-state index is 0.0396. The molecule has 3 N–H and O–H groups in total. The van der Waals surface area contributed by atoms with Gasteiger partial charge < -0.3 is 15.5 Å². The number of hydrogen-bond acceptors (Lipinski definition) is 4. The quantitative estimate of drug-likeness (QED) is 0.882. The molecule has 0 atom stereocenters. The molecule has 1 aromatic rings. The van der Waals surface area contributed by atoms with Gasteiger partial charge in [0.15, 0.2) is 0 Å². The second kappa shape index (κ2) is 4.32. The molecule has 0 aromatic carbocycles. The van der Waals surface area contributed by atoms with E-state index >= 15 is 0 Å². The molecule has 20 heavy (non-hydrogen) atoms. The fraction of sp³-hybridized carbons (Fsp3) is 0.733. The Labute approximate surface area is 117 Å². The molecule has 0 saturated heterocycles. The van der Waals surface area contributed by atoms with Crippen molar-refractivity contribution >= 4 is 5.82 Å². The molecule has 5 rings (SSSR count). The van der Waals surface area contributed by atoms with Crippen molar-refractivity contribution < 1.29 is 4.74 Å². The van der Waals surface area contributed by atoms with Crippen LogP contribution in [0.2, 0.25) is 0 Å². The number of aromatic amines is 1. The van der Waals surface area contributed by atoms with Crippen LogP contribution >= 0.6 is 0 Å². The number of nitrogens with two attached hydrogens (primary N) is 1. The van der Waals surface area contributed by atoms with E-state index < -0.39 is 0 Å². The van der Waals surface area contributed by atoms with Crippen molar-refractivity contribution in [2.45, 2.75) is 50.7 Å². The Bertz CT molecular complexity index is 545. The minimum atomic E-state index is -0.207. The largest absolute Gasteiger partial charge is 0.383 e. The Morgan fingerprint density at radius 1 is 1.25 bits per heavy atom. The molecule has 1 heterocycles. The Hall–Kier alpha value is -1.36. The van der Waals surface area contributed by atoms with Gasteiger partial charge in [0.05, 0.1) is 5.60 Å². The molecule has 4 aliphatic rings. The van der Waals surface area contributed by atoms with Crippen molar-refractivity contribution in [2.24, 2.45) is 17.8 Å². The second-order valence-electron chi connectivity index (χ2n) is 7.01. The summed E-state index contributed by atoms with van der Waals surface area (Å²) >= 11 is 0. The van der Waals surface area contributed by atoms with Crippen molar-refractivity contribution in [1.82, 2.24) is 9.97 Å². The molecule has 0 amide bonds. The summed E-state index contributed by atoms with van der Waals surface area (Å²) in [5.74, 6) is 3.38. The van der Waals surface area contributed by atoms with Gasteiger partial charge in [-0.2, -0.15) is 0 Å². The lowest BCUT2D eigenvalue weighted by molar-refractivity contribution is -0.170. The number of rotatable bonds is 3. The first-order chi connectivity index (χ1) is 9.60. The van der Waals surface area contributed by atoms with Gasteiger partial charge >= 0.3 is 0 Å². The zero-order chi connectivity index (χ0) is 13.7. The summed E-state index contributed by atoms with van der Waals surface area (Å²) in [6.45, 7) is 0.368. The highest BCUT2D eigenvalue weighted by Crippen LogP contribution is 2.57. The molecule has 4 fully saturated rings. The summed E-state index contributed by atoms with van der Waals surface area (Å²) in [4.78, 5) is 18.3. The SMILES string of the molecule is Nc1cc(=O)[nH]c(COC23CC4CC(CC(C4)C2)C3)n1. The van der Waals surface area contributed by atoms with Crippen LogP contribution in [-0.2, 0) is 11.3 Å². The second-order valence-corrected chi connectivity index (χ2v) is 7.01. The van der Waals surface area contributed by atoms with Gasteiger partial charge in [0.25, 0.3) is 5.56 Å². The number of nitrogens with one attached hydrogen (secondary N) is 1. The summed E-state index contributed by atoms with van der Waals surface area (Å²) in [6, 6.07) is 1.30. The van der Waals surface area contributed by atoms with Crippen molar-refractivity contribution in [3.63, 3.8) is 0 Å². The molecule has 5 heteroatoms. The highest BCUT2D eigenvalue weighted by atomic mass is 16.5. The van der Waals surface area contributed by atoms with E-state index in [0.717, 1.165) is 17.8 Å². The maximum atomic E-state index is 11.4. The van der Waals surface area contributed by atoms with E-state index in [1.54, 1.807) is 0 Å². The number of nitrogens with zero attached hydrogens (tertiary/aromatic N) is 1. The first kappa shape index (κ1) is 12.4. The number of ether oxygens (including phenoxy) is 1. The minimum Gasteiger partial charge on any atom is -0.383 e. The molecule has 108 valence electrons.